The SMILES string of the molecule is O=C(c1ccccn1)N1CCC(c2cc(NCc3cccnc3)n3ncc(Br)c3n2)CC1. The molecule has 8 nitrogen and oxygen atoms in total. The number of rotatable bonds is 5. The number of fused-ring (bicyclic) bond motifs is 1. The van der Waals surface area contributed by atoms with E-state index >= 15 is 0 Å². The maximum atomic E-state index is 12.7. The van der Waals surface area contributed by atoms with Crippen LogP contribution in [0.15, 0.2) is 65.7 Å². The van der Waals surface area contributed by atoms with Crippen molar-refractivity contribution in [2.75, 3.05) is 18.4 Å². The van der Waals surface area contributed by atoms with Crippen LogP contribution in [0.2, 0.25) is 0 Å². The Bertz CT molecular complexity index is 1220. The summed E-state index contributed by atoms with van der Waals surface area (Å²) in [6.45, 7) is 2.01. The van der Waals surface area contributed by atoms with E-state index in [1.54, 1.807) is 24.7 Å². The lowest BCUT2D eigenvalue weighted by molar-refractivity contribution is 0.0706. The van der Waals surface area contributed by atoms with Crippen LogP contribution in [0, 0.1) is 0 Å². The lowest BCUT2D eigenvalue weighted by atomic mass is 9.93. The Labute approximate surface area is 193 Å². The van der Waals surface area contributed by atoms with Gasteiger partial charge in [0.1, 0.15) is 11.5 Å². The quantitative estimate of drug-likeness (QED) is 0.455. The van der Waals surface area contributed by atoms with Crippen LogP contribution in [0.4, 0.5) is 5.82 Å². The van der Waals surface area contributed by atoms with Crippen LogP contribution in [-0.4, -0.2) is 48.5 Å². The molecule has 5 rings (SSSR count). The summed E-state index contributed by atoms with van der Waals surface area (Å²) in [6.07, 6.45) is 8.74. The molecule has 9 heteroatoms. The number of nitrogens with one attached hydrogen (secondary N) is 1. The summed E-state index contributed by atoms with van der Waals surface area (Å²) in [4.78, 5) is 27.9. The summed E-state index contributed by atoms with van der Waals surface area (Å²) in [5, 5.41) is 7.93. The first-order chi connectivity index (χ1) is 15.7. The molecule has 1 aliphatic rings. The Balaban J connectivity index is 1.34. The Morgan fingerprint density at radius 1 is 1.12 bits per heavy atom. The minimum absolute atomic E-state index is 0.00942. The lowest BCUT2D eigenvalue weighted by Gasteiger charge is -2.31. The van der Waals surface area contributed by atoms with Gasteiger partial charge in [-0.2, -0.15) is 9.61 Å². The smallest absolute Gasteiger partial charge is 0.272 e. The van der Waals surface area contributed by atoms with E-state index in [0.29, 0.717) is 25.3 Å². The van der Waals surface area contributed by atoms with Gasteiger partial charge in [-0.05, 0) is 52.5 Å². The van der Waals surface area contributed by atoms with Crippen LogP contribution < -0.4 is 5.32 Å². The first-order valence-electron chi connectivity index (χ1n) is 10.6. The van der Waals surface area contributed by atoms with Crippen LogP contribution in [0.25, 0.3) is 5.65 Å². The fourth-order valence-electron chi connectivity index (χ4n) is 4.01. The number of carbonyl (C=O) groups excluding carboxylic acids is 1. The second-order valence-electron chi connectivity index (χ2n) is 7.79. The highest BCUT2D eigenvalue weighted by molar-refractivity contribution is 9.10. The number of halogens is 1. The third kappa shape index (κ3) is 4.20. The van der Waals surface area contributed by atoms with Crippen molar-refractivity contribution in [3.8, 4) is 0 Å². The number of carbonyl (C=O) groups is 1. The van der Waals surface area contributed by atoms with Gasteiger partial charge in [-0.1, -0.05) is 12.1 Å². The van der Waals surface area contributed by atoms with Gasteiger partial charge in [0, 0.05) is 55.9 Å². The monoisotopic (exact) mass is 491 g/mol. The van der Waals surface area contributed by atoms with Crippen molar-refractivity contribution in [2.24, 2.45) is 0 Å². The molecule has 4 aromatic heterocycles. The number of pyridine rings is 2. The molecule has 4 aromatic rings. The van der Waals surface area contributed by atoms with E-state index in [4.69, 9.17) is 4.98 Å². The number of anilines is 1. The molecule has 0 unspecified atom stereocenters. The van der Waals surface area contributed by atoms with E-state index < -0.39 is 0 Å². The highest BCUT2D eigenvalue weighted by atomic mass is 79.9. The van der Waals surface area contributed by atoms with Gasteiger partial charge in [0.25, 0.3) is 5.91 Å². The van der Waals surface area contributed by atoms with Crippen LogP contribution >= 0.6 is 15.9 Å². The lowest BCUT2D eigenvalue weighted by Crippen LogP contribution is -2.38. The molecular formula is C23H22BrN7O. The minimum Gasteiger partial charge on any atom is -0.366 e. The van der Waals surface area contributed by atoms with Crippen LogP contribution in [0.3, 0.4) is 0 Å². The molecule has 0 aliphatic carbocycles. The number of aromatic nitrogens is 5. The zero-order valence-electron chi connectivity index (χ0n) is 17.4. The average molecular weight is 492 g/mol. The first kappa shape index (κ1) is 20.6. The maximum Gasteiger partial charge on any atom is 0.272 e. The van der Waals surface area contributed by atoms with Gasteiger partial charge in [-0.15, -0.1) is 0 Å². The Morgan fingerprint density at radius 2 is 2.00 bits per heavy atom. The number of piperidine rings is 1. The molecule has 162 valence electrons. The molecule has 1 aliphatic heterocycles. The van der Waals surface area contributed by atoms with E-state index in [0.717, 1.165) is 40.0 Å². The van der Waals surface area contributed by atoms with E-state index in [2.05, 4.69) is 42.4 Å². The molecular weight excluding hydrogens is 470 g/mol. The zero-order chi connectivity index (χ0) is 21.9. The van der Waals surface area contributed by atoms with E-state index in [1.165, 1.54) is 0 Å². The van der Waals surface area contributed by atoms with Crippen molar-refractivity contribution in [1.82, 2.24) is 29.5 Å². The summed E-state index contributed by atoms with van der Waals surface area (Å²) in [7, 11) is 0. The Kier molecular flexibility index (Phi) is 5.81. The molecule has 1 saturated heterocycles. The van der Waals surface area contributed by atoms with E-state index in [1.807, 2.05) is 39.9 Å². The van der Waals surface area contributed by atoms with Gasteiger partial charge < -0.3 is 10.2 Å². The van der Waals surface area contributed by atoms with Gasteiger partial charge in [-0.3, -0.25) is 14.8 Å². The molecule has 0 radical (unpaired) electrons. The predicted molar refractivity (Wildman–Crippen MR) is 124 cm³/mol. The number of hydrogen-bond donors (Lipinski definition) is 1. The molecule has 0 aromatic carbocycles. The van der Waals surface area contributed by atoms with Crippen molar-refractivity contribution < 1.29 is 4.79 Å². The average Bonchev–Trinajstić information content (AvgIpc) is 3.24. The number of amides is 1. The number of likely N-dealkylation sites (tertiary alicyclic amines) is 1. The molecule has 0 atom stereocenters. The second-order valence-corrected chi connectivity index (χ2v) is 8.64. The van der Waals surface area contributed by atoms with Crippen molar-refractivity contribution in [3.63, 3.8) is 0 Å². The van der Waals surface area contributed by atoms with Gasteiger partial charge in [0.05, 0.1) is 10.7 Å². The summed E-state index contributed by atoms with van der Waals surface area (Å²) in [6, 6.07) is 11.5. The number of hydrogen-bond acceptors (Lipinski definition) is 6. The van der Waals surface area contributed by atoms with Crippen LogP contribution in [0.5, 0.6) is 0 Å². The van der Waals surface area contributed by atoms with Crippen LogP contribution in [-0.2, 0) is 6.54 Å². The van der Waals surface area contributed by atoms with Crippen molar-refractivity contribution in [2.45, 2.75) is 25.3 Å². The molecule has 0 saturated carbocycles. The standard InChI is InChI=1S/C23H22BrN7O/c24-18-15-28-31-21(27-14-16-4-3-8-25-13-16)12-20(29-22(18)31)17-6-10-30(11-7-17)23(32)19-5-1-2-9-26-19/h1-5,8-9,12-13,15,17,27H,6-7,10-11,14H2. The topological polar surface area (TPSA) is 88.3 Å². The maximum absolute atomic E-state index is 12.7. The van der Waals surface area contributed by atoms with Crippen LogP contribution in [0.1, 0.15) is 40.5 Å². The summed E-state index contributed by atoms with van der Waals surface area (Å²) >= 11 is 3.57. The molecule has 0 spiro atoms. The van der Waals surface area contributed by atoms with Gasteiger partial charge in [0.2, 0.25) is 0 Å². The third-order valence-electron chi connectivity index (χ3n) is 5.73. The summed E-state index contributed by atoms with van der Waals surface area (Å²) < 4.78 is 2.66. The molecule has 1 fully saturated rings. The fraction of sp³-hybridized carbons (Fsp3) is 0.261. The highest BCUT2D eigenvalue weighted by Gasteiger charge is 2.27. The summed E-state index contributed by atoms with van der Waals surface area (Å²) in [5.74, 6) is 1.14. The Morgan fingerprint density at radius 3 is 2.75 bits per heavy atom. The first-order valence-corrected chi connectivity index (χ1v) is 11.4. The molecule has 1 amide bonds. The highest BCUT2D eigenvalue weighted by Crippen LogP contribution is 2.31. The van der Waals surface area contributed by atoms with Crippen molar-refractivity contribution in [3.05, 3.63) is 82.6 Å². The predicted octanol–water partition coefficient (Wildman–Crippen LogP) is 3.91. The number of nitrogens with zero attached hydrogens (tertiary/aromatic N) is 6. The largest absolute Gasteiger partial charge is 0.366 e. The van der Waals surface area contributed by atoms with E-state index in [-0.39, 0.29) is 11.8 Å². The van der Waals surface area contributed by atoms with Crippen molar-refractivity contribution >= 4 is 33.3 Å². The molecule has 1 N–H and O–H groups in total. The molecule has 0 bridgehead atoms. The third-order valence-corrected chi connectivity index (χ3v) is 6.29. The minimum atomic E-state index is -0.00942. The molecule has 32 heavy (non-hydrogen) atoms. The fourth-order valence-corrected chi connectivity index (χ4v) is 4.36. The van der Waals surface area contributed by atoms with E-state index in [9.17, 15) is 4.79 Å². The van der Waals surface area contributed by atoms with Gasteiger partial charge in [0.15, 0.2) is 5.65 Å². The van der Waals surface area contributed by atoms with Gasteiger partial charge >= 0.3 is 0 Å². The van der Waals surface area contributed by atoms with Gasteiger partial charge in [-0.25, -0.2) is 4.98 Å². The normalized spacial score (nSPS) is 14.6. The second kappa shape index (κ2) is 9.04. The molecule has 5 heterocycles. The van der Waals surface area contributed by atoms with Crippen molar-refractivity contribution in [1.29, 1.82) is 0 Å². The summed E-state index contributed by atoms with van der Waals surface area (Å²) in [5.41, 5.74) is 3.38. The Hall–Kier alpha value is -3.33. The zero-order valence-corrected chi connectivity index (χ0v) is 18.9.